The van der Waals surface area contributed by atoms with Crippen molar-refractivity contribution in [3.8, 4) is 11.5 Å². The van der Waals surface area contributed by atoms with Crippen LogP contribution in [0.25, 0.3) is 0 Å². The molecule has 1 N–H and O–H groups in total. The highest BCUT2D eigenvalue weighted by molar-refractivity contribution is 6.02. The average molecular weight is 364 g/mol. The molecule has 2 aromatic carbocycles. The van der Waals surface area contributed by atoms with Gasteiger partial charge in [-0.25, -0.2) is 5.01 Å². The van der Waals surface area contributed by atoms with Crippen LogP contribution in [0.5, 0.6) is 11.5 Å². The number of fused-ring (bicyclic) bond motifs is 4. The number of hydrogen-bond donors (Lipinski definition) is 1. The minimum atomic E-state index is -0.313. The SMILES string of the molecule is COc1ccc(C2=NN3[C@@H](C2)c2ccccc2OC32CC[NH+](C)CC2)cc1. The molecule has 1 atom stereocenters. The zero-order chi connectivity index (χ0) is 18.4. The lowest BCUT2D eigenvalue weighted by Gasteiger charge is -2.49. The van der Waals surface area contributed by atoms with E-state index in [9.17, 15) is 0 Å². The van der Waals surface area contributed by atoms with Crippen LogP contribution in [0, 0.1) is 0 Å². The zero-order valence-electron chi connectivity index (χ0n) is 15.9. The number of ether oxygens (including phenoxy) is 2. The van der Waals surface area contributed by atoms with Gasteiger partial charge in [0.1, 0.15) is 11.5 Å². The first-order chi connectivity index (χ1) is 13.2. The maximum Gasteiger partial charge on any atom is 0.208 e. The van der Waals surface area contributed by atoms with Crippen LogP contribution in [0.2, 0.25) is 0 Å². The summed E-state index contributed by atoms with van der Waals surface area (Å²) in [5.41, 5.74) is 3.24. The van der Waals surface area contributed by atoms with Crippen molar-refractivity contribution >= 4 is 5.71 Å². The Balaban J connectivity index is 1.54. The number of quaternary nitrogens is 1. The van der Waals surface area contributed by atoms with Gasteiger partial charge in [0.25, 0.3) is 0 Å². The fourth-order valence-corrected chi connectivity index (χ4v) is 4.58. The Bertz CT molecular complexity index is 869. The van der Waals surface area contributed by atoms with Gasteiger partial charge >= 0.3 is 0 Å². The van der Waals surface area contributed by atoms with Gasteiger partial charge in [0.05, 0.1) is 51.8 Å². The molecule has 3 aliphatic rings. The van der Waals surface area contributed by atoms with Crippen molar-refractivity contribution in [2.24, 2.45) is 5.10 Å². The molecule has 0 radical (unpaired) electrons. The molecule has 140 valence electrons. The Morgan fingerprint density at radius 2 is 1.85 bits per heavy atom. The first-order valence-electron chi connectivity index (χ1n) is 9.79. The molecule has 0 aliphatic carbocycles. The van der Waals surface area contributed by atoms with Crippen molar-refractivity contribution < 1.29 is 14.4 Å². The zero-order valence-corrected chi connectivity index (χ0v) is 15.9. The third-order valence-electron chi connectivity index (χ3n) is 6.21. The van der Waals surface area contributed by atoms with Gasteiger partial charge in [-0.15, -0.1) is 0 Å². The Kier molecular flexibility index (Phi) is 3.86. The van der Waals surface area contributed by atoms with Gasteiger partial charge in [-0.05, 0) is 35.9 Å². The topological polar surface area (TPSA) is 38.5 Å². The van der Waals surface area contributed by atoms with Crippen molar-refractivity contribution in [1.29, 1.82) is 0 Å². The molecule has 1 spiro atoms. The Labute approximate surface area is 160 Å². The van der Waals surface area contributed by atoms with Crippen LogP contribution in [-0.2, 0) is 0 Å². The number of benzene rings is 2. The molecule has 5 nitrogen and oxygen atoms in total. The fourth-order valence-electron chi connectivity index (χ4n) is 4.58. The third kappa shape index (κ3) is 2.69. The summed E-state index contributed by atoms with van der Waals surface area (Å²) in [5.74, 6) is 1.91. The molecule has 3 heterocycles. The van der Waals surface area contributed by atoms with Gasteiger partial charge < -0.3 is 14.4 Å². The molecule has 0 saturated carbocycles. The Morgan fingerprint density at radius 3 is 2.59 bits per heavy atom. The molecular formula is C22H26N3O2+. The van der Waals surface area contributed by atoms with Crippen molar-refractivity contribution in [1.82, 2.24) is 5.01 Å². The first-order valence-corrected chi connectivity index (χ1v) is 9.79. The van der Waals surface area contributed by atoms with Crippen LogP contribution in [0.1, 0.15) is 36.4 Å². The van der Waals surface area contributed by atoms with Crippen molar-refractivity contribution in [3.63, 3.8) is 0 Å². The van der Waals surface area contributed by atoms with Gasteiger partial charge in [0, 0.05) is 12.0 Å². The Morgan fingerprint density at radius 1 is 1.11 bits per heavy atom. The largest absolute Gasteiger partial charge is 0.497 e. The number of rotatable bonds is 2. The van der Waals surface area contributed by atoms with E-state index in [1.54, 1.807) is 12.0 Å². The normalized spacial score (nSPS) is 29.0. The summed E-state index contributed by atoms with van der Waals surface area (Å²) in [6.45, 7) is 2.22. The van der Waals surface area contributed by atoms with E-state index in [0.29, 0.717) is 0 Å². The van der Waals surface area contributed by atoms with Gasteiger partial charge in [0.15, 0.2) is 0 Å². The second kappa shape index (κ2) is 6.27. The van der Waals surface area contributed by atoms with Crippen LogP contribution in [0.3, 0.4) is 0 Å². The Hall–Kier alpha value is -2.53. The lowest BCUT2D eigenvalue weighted by atomic mass is 9.91. The molecule has 1 fully saturated rings. The first kappa shape index (κ1) is 16.6. The van der Waals surface area contributed by atoms with Gasteiger partial charge in [-0.3, -0.25) is 0 Å². The maximum atomic E-state index is 6.63. The molecule has 3 aliphatic heterocycles. The number of nitrogens with zero attached hydrogens (tertiary/aromatic N) is 2. The van der Waals surface area contributed by atoms with Gasteiger partial charge in [0.2, 0.25) is 5.72 Å². The van der Waals surface area contributed by atoms with Crippen LogP contribution >= 0.6 is 0 Å². The molecule has 0 amide bonds. The molecule has 0 bridgehead atoms. The lowest BCUT2D eigenvalue weighted by molar-refractivity contribution is -0.888. The second-order valence-corrected chi connectivity index (χ2v) is 7.88. The minimum absolute atomic E-state index is 0.255. The third-order valence-corrected chi connectivity index (χ3v) is 6.21. The summed E-state index contributed by atoms with van der Waals surface area (Å²) in [6, 6.07) is 17.0. The molecular weight excluding hydrogens is 338 g/mol. The van der Waals surface area contributed by atoms with Gasteiger partial charge in [-0.1, -0.05) is 18.2 Å². The molecule has 0 unspecified atom stereocenters. The molecule has 5 heteroatoms. The smallest absolute Gasteiger partial charge is 0.208 e. The number of nitrogens with one attached hydrogen (secondary N) is 1. The molecule has 0 aromatic heterocycles. The number of hydrazone groups is 1. The minimum Gasteiger partial charge on any atom is -0.497 e. The molecule has 2 aromatic rings. The number of piperidine rings is 1. The molecule has 1 saturated heterocycles. The van der Waals surface area contributed by atoms with E-state index in [1.807, 2.05) is 12.1 Å². The van der Waals surface area contributed by atoms with E-state index in [-0.39, 0.29) is 11.8 Å². The van der Waals surface area contributed by atoms with Crippen molar-refractivity contribution in [2.75, 3.05) is 27.2 Å². The molecule has 27 heavy (non-hydrogen) atoms. The number of para-hydroxylation sites is 1. The van der Waals surface area contributed by atoms with E-state index >= 15 is 0 Å². The van der Waals surface area contributed by atoms with Crippen LogP contribution < -0.4 is 14.4 Å². The average Bonchev–Trinajstić information content (AvgIpc) is 3.17. The highest BCUT2D eigenvalue weighted by Gasteiger charge is 2.52. The van der Waals surface area contributed by atoms with E-state index in [2.05, 4.69) is 48.5 Å². The lowest BCUT2D eigenvalue weighted by Crippen LogP contribution is -3.11. The van der Waals surface area contributed by atoms with E-state index in [0.717, 1.165) is 55.1 Å². The van der Waals surface area contributed by atoms with E-state index in [4.69, 9.17) is 14.6 Å². The maximum absolute atomic E-state index is 6.63. The summed E-state index contributed by atoms with van der Waals surface area (Å²) in [4.78, 5) is 1.57. The highest BCUT2D eigenvalue weighted by atomic mass is 16.5. The van der Waals surface area contributed by atoms with Crippen LogP contribution in [0.15, 0.2) is 53.6 Å². The van der Waals surface area contributed by atoms with Gasteiger partial charge in [-0.2, -0.15) is 5.10 Å². The number of methoxy groups -OCH3 is 1. The summed E-state index contributed by atoms with van der Waals surface area (Å²) < 4.78 is 11.9. The van der Waals surface area contributed by atoms with E-state index < -0.39 is 0 Å². The number of likely N-dealkylation sites (tertiary alicyclic amines) is 1. The predicted octanol–water partition coefficient (Wildman–Crippen LogP) is 2.24. The highest BCUT2D eigenvalue weighted by Crippen LogP contribution is 2.49. The standard InChI is InChI=1S/C22H25N3O2/c1-24-13-11-22(12-14-24)25-20(18-5-3-4-6-21(18)27-22)15-19(23-25)16-7-9-17(26-2)10-8-16/h3-10,20H,11-15H2,1-2H3/p+1/t20-/m0/s1. The predicted molar refractivity (Wildman–Crippen MR) is 104 cm³/mol. The monoisotopic (exact) mass is 364 g/mol. The number of hydrogen-bond acceptors (Lipinski definition) is 4. The van der Waals surface area contributed by atoms with E-state index in [1.165, 1.54) is 5.56 Å². The molecule has 5 rings (SSSR count). The van der Waals surface area contributed by atoms with Crippen molar-refractivity contribution in [2.45, 2.75) is 31.0 Å². The summed E-state index contributed by atoms with van der Waals surface area (Å²) in [5, 5.41) is 7.39. The van der Waals surface area contributed by atoms with Crippen LogP contribution in [0.4, 0.5) is 0 Å². The summed E-state index contributed by atoms with van der Waals surface area (Å²) >= 11 is 0. The summed E-state index contributed by atoms with van der Waals surface area (Å²) in [6.07, 6.45) is 2.92. The van der Waals surface area contributed by atoms with Crippen LogP contribution in [-0.4, -0.2) is 43.7 Å². The second-order valence-electron chi connectivity index (χ2n) is 7.88. The quantitative estimate of drug-likeness (QED) is 0.888. The fraction of sp³-hybridized carbons (Fsp3) is 0.409. The summed E-state index contributed by atoms with van der Waals surface area (Å²) in [7, 11) is 3.96. The van der Waals surface area contributed by atoms with Crippen molar-refractivity contribution in [3.05, 3.63) is 59.7 Å².